The van der Waals surface area contributed by atoms with Crippen LogP contribution in [0.25, 0.3) is 11.6 Å². The Morgan fingerprint density at radius 1 is 1.26 bits per heavy atom. The molecule has 0 fully saturated rings. The molecular weight excluding hydrogens is 314 g/mol. The number of hydrogen-bond donors (Lipinski definition) is 1. The van der Waals surface area contributed by atoms with Crippen LogP contribution < -0.4 is 5.32 Å². The molecule has 2 aromatic heterocycles. The van der Waals surface area contributed by atoms with Gasteiger partial charge in [-0.3, -0.25) is 4.79 Å². The van der Waals surface area contributed by atoms with E-state index in [-0.39, 0.29) is 11.2 Å². The number of amides is 1. The largest absolute Gasteiger partial charge is 0.461 e. The lowest BCUT2D eigenvalue weighted by Crippen LogP contribution is -2.05. The summed E-state index contributed by atoms with van der Waals surface area (Å²) in [7, 11) is 0. The third kappa shape index (κ3) is 3.81. The Bertz CT molecular complexity index is 781. The molecule has 1 atom stereocenters. The van der Waals surface area contributed by atoms with Crippen LogP contribution in [0.3, 0.4) is 0 Å². The highest BCUT2D eigenvalue weighted by Crippen LogP contribution is 2.35. The van der Waals surface area contributed by atoms with Crippen LogP contribution >= 0.6 is 11.8 Å². The number of nitrogens with one attached hydrogen (secondary N) is 1. The molecule has 2 heterocycles. The maximum Gasteiger partial charge on any atom is 0.240 e. The van der Waals surface area contributed by atoms with E-state index in [2.05, 4.69) is 15.5 Å². The summed E-state index contributed by atoms with van der Waals surface area (Å²) in [5.74, 6) is 1.47. The monoisotopic (exact) mass is 329 g/mol. The molecular formula is C16H15N3O3S. The summed E-state index contributed by atoms with van der Waals surface area (Å²) in [4.78, 5) is 16.4. The van der Waals surface area contributed by atoms with E-state index in [0.717, 1.165) is 10.6 Å². The molecule has 1 unspecified atom stereocenters. The molecule has 3 aromatic rings. The van der Waals surface area contributed by atoms with E-state index in [9.17, 15) is 4.79 Å². The number of thioether (sulfide) groups is 1. The molecule has 23 heavy (non-hydrogen) atoms. The molecule has 0 spiro atoms. The normalized spacial score (nSPS) is 12.1. The molecule has 1 aromatic carbocycles. The fourth-order valence-electron chi connectivity index (χ4n) is 1.98. The predicted molar refractivity (Wildman–Crippen MR) is 87.0 cm³/mol. The molecule has 0 saturated carbocycles. The van der Waals surface area contributed by atoms with Gasteiger partial charge < -0.3 is 14.3 Å². The van der Waals surface area contributed by atoms with Gasteiger partial charge in [0.15, 0.2) is 5.76 Å². The van der Waals surface area contributed by atoms with Crippen molar-refractivity contribution in [1.29, 1.82) is 0 Å². The number of hydrogen-bond acceptors (Lipinski definition) is 6. The first-order chi connectivity index (χ1) is 11.1. The minimum Gasteiger partial charge on any atom is -0.461 e. The third-order valence-electron chi connectivity index (χ3n) is 3.02. The van der Waals surface area contributed by atoms with Crippen LogP contribution in [0.5, 0.6) is 0 Å². The van der Waals surface area contributed by atoms with Crippen LogP contribution in [-0.2, 0) is 4.79 Å². The van der Waals surface area contributed by atoms with Crippen molar-refractivity contribution >= 4 is 23.4 Å². The Morgan fingerprint density at radius 2 is 2.04 bits per heavy atom. The molecule has 6 nitrogen and oxygen atoms in total. The number of benzene rings is 1. The number of rotatable bonds is 5. The fraction of sp³-hybridized carbons (Fsp3) is 0.188. The first kappa shape index (κ1) is 15.4. The maximum atomic E-state index is 11.0. The van der Waals surface area contributed by atoms with Gasteiger partial charge in [-0.05, 0) is 43.3 Å². The van der Waals surface area contributed by atoms with Gasteiger partial charge in [0.1, 0.15) is 0 Å². The van der Waals surface area contributed by atoms with Crippen LogP contribution in [-0.4, -0.2) is 16.0 Å². The van der Waals surface area contributed by atoms with Crippen molar-refractivity contribution in [2.24, 2.45) is 0 Å². The number of carbonyl (C=O) groups excluding carboxylic acids is 1. The fourth-order valence-corrected chi connectivity index (χ4v) is 2.88. The van der Waals surface area contributed by atoms with Crippen LogP contribution in [0.4, 0.5) is 5.69 Å². The van der Waals surface area contributed by atoms with Crippen LogP contribution in [0.1, 0.15) is 25.0 Å². The molecule has 0 saturated heterocycles. The lowest BCUT2D eigenvalue weighted by molar-refractivity contribution is -0.114. The highest BCUT2D eigenvalue weighted by molar-refractivity contribution is 7.99. The average molecular weight is 329 g/mol. The minimum atomic E-state index is -0.0879. The van der Waals surface area contributed by atoms with Gasteiger partial charge in [-0.25, -0.2) is 0 Å². The van der Waals surface area contributed by atoms with Crippen molar-refractivity contribution in [3.63, 3.8) is 0 Å². The molecule has 0 bridgehead atoms. The number of aromatic nitrogens is 2. The minimum absolute atomic E-state index is 0.00201. The lowest BCUT2D eigenvalue weighted by atomic mass is 10.3. The van der Waals surface area contributed by atoms with E-state index in [1.807, 2.05) is 31.2 Å². The zero-order chi connectivity index (χ0) is 16.2. The Morgan fingerprint density at radius 3 is 2.70 bits per heavy atom. The maximum absolute atomic E-state index is 11.0. The quantitative estimate of drug-likeness (QED) is 0.708. The SMILES string of the molecule is CC(=O)Nc1ccc(SC(C)c2nc(-c3ccco3)no2)cc1. The molecule has 0 radical (unpaired) electrons. The molecule has 0 aliphatic heterocycles. The zero-order valence-electron chi connectivity index (χ0n) is 12.6. The molecule has 3 rings (SSSR count). The molecule has 118 valence electrons. The van der Waals surface area contributed by atoms with Gasteiger partial charge in [0, 0.05) is 17.5 Å². The Hall–Kier alpha value is -2.54. The summed E-state index contributed by atoms with van der Waals surface area (Å²) in [5.41, 5.74) is 0.771. The summed E-state index contributed by atoms with van der Waals surface area (Å²) in [6, 6.07) is 11.2. The second-order valence-corrected chi connectivity index (χ2v) is 6.31. The van der Waals surface area contributed by atoms with E-state index >= 15 is 0 Å². The van der Waals surface area contributed by atoms with E-state index in [1.54, 1.807) is 30.2 Å². The van der Waals surface area contributed by atoms with Crippen molar-refractivity contribution in [1.82, 2.24) is 10.1 Å². The summed E-state index contributed by atoms with van der Waals surface area (Å²) < 4.78 is 10.5. The van der Waals surface area contributed by atoms with E-state index < -0.39 is 0 Å². The van der Waals surface area contributed by atoms with Crippen LogP contribution in [0.15, 0.2) is 56.5 Å². The number of carbonyl (C=O) groups is 1. The second-order valence-electron chi connectivity index (χ2n) is 4.90. The van der Waals surface area contributed by atoms with Gasteiger partial charge in [-0.2, -0.15) is 4.98 Å². The smallest absolute Gasteiger partial charge is 0.240 e. The summed E-state index contributed by atoms with van der Waals surface area (Å²) in [5, 5.41) is 6.66. The van der Waals surface area contributed by atoms with Crippen LogP contribution in [0, 0.1) is 0 Å². The average Bonchev–Trinajstić information content (AvgIpc) is 3.19. The number of nitrogens with zero attached hydrogens (tertiary/aromatic N) is 2. The predicted octanol–water partition coefficient (Wildman–Crippen LogP) is 4.14. The number of furan rings is 1. The van der Waals surface area contributed by atoms with E-state index in [1.165, 1.54) is 6.92 Å². The zero-order valence-corrected chi connectivity index (χ0v) is 13.5. The molecule has 1 amide bonds. The van der Waals surface area contributed by atoms with Gasteiger partial charge >= 0.3 is 0 Å². The summed E-state index contributed by atoms with van der Waals surface area (Å²) in [6.45, 7) is 3.47. The molecule has 1 N–H and O–H groups in total. The van der Waals surface area contributed by atoms with Crippen molar-refractivity contribution in [3.8, 4) is 11.6 Å². The van der Waals surface area contributed by atoms with E-state index in [0.29, 0.717) is 17.5 Å². The summed E-state index contributed by atoms with van der Waals surface area (Å²) in [6.07, 6.45) is 1.57. The second kappa shape index (κ2) is 6.70. The van der Waals surface area contributed by atoms with Crippen LogP contribution in [0.2, 0.25) is 0 Å². The first-order valence-corrected chi connectivity index (χ1v) is 7.91. The van der Waals surface area contributed by atoms with Gasteiger partial charge in [-0.15, -0.1) is 11.8 Å². The van der Waals surface area contributed by atoms with Gasteiger partial charge in [-0.1, -0.05) is 5.16 Å². The van der Waals surface area contributed by atoms with Gasteiger partial charge in [0.25, 0.3) is 0 Å². The van der Waals surface area contributed by atoms with Crippen molar-refractivity contribution < 1.29 is 13.7 Å². The third-order valence-corrected chi connectivity index (χ3v) is 4.12. The Labute approximate surface area is 137 Å². The number of anilines is 1. The highest BCUT2D eigenvalue weighted by Gasteiger charge is 2.17. The topological polar surface area (TPSA) is 81.2 Å². The van der Waals surface area contributed by atoms with Crippen molar-refractivity contribution in [3.05, 3.63) is 48.6 Å². The lowest BCUT2D eigenvalue weighted by Gasteiger charge is -2.07. The van der Waals surface area contributed by atoms with Gasteiger partial charge in [0.05, 0.1) is 11.5 Å². The highest BCUT2D eigenvalue weighted by atomic mass is 32.2. The molecule has 0 aliphatic rings. The summed E-state index contributed by atoms with van der Waals surface area (Å²) >= 11 is 1.60. The van der Waals surface area contributed by atoms with Crippen molar-refractivity contribution in [2.75, 3.05) is 5.32 Å². The van der Waals surface area contributed by atoms with Crippen molar-refractivity contribution in [2.45, 2.75) is 24.0 Å². The Kier molecular flexibility index (Phi) is 4.47. The first-order valence-electron chi connectivity index (χ1n) is 7.03. The standard InChI is InChI=1S/C16H15N3O3S/c1-10(16-18-15(19-22-16)14-4-3-9-21-14)23-13-7-5-12(6-8-13)17-11(2)20/h3-10H,1-2H3,(H,17,20). The van der Waals surface area contributed by atoms with E-state index in [4.69, 9.17) is 8.94 Å². The Balaban J connectivity index is 1.67. The van der Waals surface area contributed by atoms with Gasteiger partial charge in [0.2, 0.25) is 17.6 Å². The molecule has 0 aliphatic carbocycles. The molecule has 7 heteroatoms.